The smallest absolute Gasteiger partial charge is 0.193 e. The van der Waals surface area contributed by atoms with E-state index in [1.807, 2.05) is 0 Å². The van der Waals surface area contributed by atoms with Crippen LogP contribution in [0.4, 0.5) is 0 Å². The van der Waals surface area contributed by atoms with Gasteiger partial charge in [-0.3, -0.25) is 4.79 Å². The van der Waals surface area contributed by atoms with Crippen LogP contribution in [0.15, 0.2) is 12.1 Å². The first-order valence-corrected chi connectivity index (χ1v) is 3.36. The van der Waals surface area contributed by atoms with Gasteiger partial charge in [-0.2, -0.15) is 0 Å². The molecule has 0 aliphatic rings. The molecule has 1 N–H and O–H groups in total. The maximum atomic E-state index is 9.89. The summed E-state index contributed by atoms with van der Waals surface area (Å²) in [6, 6.07) is 3.17. The van der Waals surface area contributed by atoms with E-state index in [9.17, 15) is 9.90 Å². The molecule has 60 valence electrons. The van der Waals surface area contributed by atoms with Crippen molar-refractivity contribution in [2.24, 2.45) is 0 Å². The second-order valence-corrected chi connectivity index (χ2v) is 2.21. The summed E-state index contributed by atoms with van der Waals surface area (Å²) >= 11 is 0. The number of pyridine rings is 1. The summed E-state index contributed by atoms with van der Waals surface area (Å²) in [7, 11) is 0. The number of hydrogen-bond donors (Lipinski definition) is 1. The van der Waals surface area contributed by atoms with Gasteiger partial charge in [-0.1, -0.05) is 0 Å². The van der Waals surface area contributed by atoms with Crippen LogP contribution in [0.25, 0.3) is 0 Å². The van der Waals surface area contributed by atoms with E-state index in [4.69, 9.17) is 0 Å². The van der Waals surface area contributed by atoms with Gasteiger partial charge in [0.25, 0.3) is 0 Å². The highest BCUT2D eigenvalue weighted by atomic mass is 16.3. The average molecular weight is 161 g/mol. The van der Waals surface area contributed by atoms with Crippen molar-refractivity contribution >= 4 is 6.29 Å². The van der Waals surface area contributed by atoms with Crippen LogP contribution in [0.3, 0.4) is 0 Å². The predicted octanol–water partition coefficient (Wildman–Crippen LogP) is 0.646. The van der Waals surface area contributed by atoms with E-state index in [1.54, 1.807) is 13.0 Å². The number of aldehydes is 1. The van der Waals surface area contributed by atoms with Gasteiger partial charge in [0.1, 0.15) is 5.75 Å². The summed E-state index contributed by atoms with van der Waals surface area (Å²) in [6.45, 7) is 1.78. The number of aryl methyl sites for hydroxylation is 1. The third-order valence-corrected chi connectivity index (χ3v) is 1.26. The van der Waals surface area contributed by atoms with Crippen LogP contribution in [0.2, 0.25) is 0 Å². The normalized spacial score (nSPS) is 8.42. The molecule has 0 aliphatic carbocycles. The first kappa shape index (κ1) is 8.28. The van der Waals surface area contributed by atoms with Crippen molar-refractivity contribution in [1.82, 2.24) is 4.98 Å². The Morgan fingerprint density at radius 2 is 2.33 bits per heavy atom. The Morgan fingerprint density at radius 1 is 1.58 bits per heavy atom. The molecular formula is C9H7NO2. The van der Waals surface area contributed by atoms with Crippen molar-refractivity contribution < 1.29 is 9.90 Å². The Balaban J connectivity index is 3.13. The van der Waals surface area contributed by atoms with Crippen LogP contribution in [0.1, 0.15) is 11.4 Å². The number of hydrogen-bond acceptors (Lipinski definition) is 3. The second-order valence-electron chi connectivity index (χ2n) is 2.21. The van der Waals surface area contributed by atoms with Gasteiger partial charge >= 0.3 is 0 Å². The zero-order valence-corrected chi connectivity index (χ0v) is 6.53. The first-order chi connectivity index (χ1) is 5.74. The van der Waals surface area contributed by atoms with Crippen LogP contribution < -0.4 is 0 Å². The number of carbonyl (C=O) groups is 1. The first-order valence-electron chi connectivity index (χ1n) is 3.36. The lowest BCUT2D eigenvalue weighted by atomic mass is 10.3. The van der Waals surface area contributed by atoms with Gasteiger partial charge in [-0.15, -0.1) is 0 Å². The molecule has 0 fully saturated rings. The van der Waals surface area contributed by atoms with Crippen molar-refractivity contribution in [3.05, 3.63) is 23.5 Å². The van der Waals surface area contributed by atoms with Crippen LogP contribution in [0, 0.1) is 18.8 Å². The predicted molar refractivity (Wildman–Crippen MR) is 43.6 cm³/mol. The number of aromatic hydroxyl groups is 1. The van der Waals surface area contributed by atoms with Crippen molar-refractivity contribution in [1.29, 1.82) is 0 Å². The molecule has 0 unspecified atom stereocenters. The molecule has 1 aromatic heterocycles. The number of carbonyl (C=O) groups excluding carboxylic acids is 1. The molecule has 0 spiro atoms. The molecule has 1 rings (SSSR count). The van der Waals surface area contributed by atoms with E-state index < -0.39 is 0 Å². The second kappa shape index (κ2) is 3.54. The van der Waals surface area contributed by atoms with E-state index in [1.165, 1.54) is 6.07 Å². The Hall–Kier alpha value is -1.82. The molecule has 0 bridgehead atoms. The van der Waals surface area contributed by atoms with E-state index in [-0.39, 0.29) is 11.4 Å². The largest absolute Gasteiger partial charge is 0.505 e. The summed E-state index contributed by atoms with van der Waals surface area (Å²) in [5.41, 5.74) is 0.991. The molecule has 0 saturated heterocycles. The van der Waals surface area contributed by atoms with Crippen LogP contribution in [-0.4, -0.2) is 16.4 Å². The van der Waals surface area contributed by atoms with Crippen molar-refractivity contribution in [3.8, 4) is 17.6 Å². The highest BCUT2D eigenvalue weighted by Gasteiger charge is 1.97. The number of nitrogens with zero attached hydrogens (tertiary/aromatic N) is 1. The fourth-order valence-electron chi connectivity index (χ4n) is 0.739. The Kier molecular flexibility index (Phi) is 2.44. The zero-order valence-electron chi connectivity index (χ0n) is 6.53. The third kappa shape index (κ3) is 1.83. The van der Waals surface area contributed by atoms with Gasteiger partial charge in [0.15, 0.2) is 12.0 Å². The molecular weight excluding hydrogens is 154 g/mol. The van der Waals surface area contributed by atoms with Gasteiger partial charge in [0.05, 0.1) is 0 Å². The van der Waals surface area contributed by atoms with Gasteiger partial charge in [0.2, 0.25) is 0 Å². The zero-order chi connectivity index (χ0) is 8.97. The van der Waals surface area contributed by atoms with E-state index in [2.05, 4.69) is 16.8 Å². The van der Waals surface area contributed by atoms with Gasteiger partial charge in [-0.05, 0) is 30.9 Å². The quantitative estimate of drug-likeness (QED) is 0.449. The highest BCUT2D eigenvalue weighted by molar-refractivity contribution is 5.74. The molecule has 12 heavy (non-hydrogen) atoms. The van der Waals surface area contributed by atoms with Gasteiger partial charge in [0, 0.05) is 5.69 Å². The monoisotopic (exact) mass is 161 g/mol. The molecule has 0 aromatic carbocycles. The van der Waals surface area contributed by atoms with Crippen molar-refractivity contribution in [2.45, 2.75) is 6.92 Å². The Labute approximate surface area is 70.1 Å². The van der Waals surface area contributed by atoms with Crippen LogP contribution >= 0.6 is 0 Å². The molecule has 0 amide bonds. The topological polar surface area (TPSA) is 50.2 Å². The molecule has 0 radical (unpaired) electrons. The summed E-state index contributed by atoms with van der Waals surface area (Å²) < 4.78 is 0. The standard InChI is InChI=1S/C9H7NO2/c1-7-4-5-9(12)8(10-7)3-2-6-11/h4-6,12H,1H3. The highest BCUT2D eigenvalue weighted by Crippen LogP contribution is 2.12. The summed E-state index contributed by atoms with van der Waals surface area (Å²) in [4.78, 5) is 13.8. The van der Waals surface area contributed by atoms with Crippen LogP contribution in [0.5, 0.6) is 5.75 Å². The maximum absolute atomic E-state index is 9.89. The molecule has 3 nitrogen and oxygen atoms in total. The summed E-state index contributed by atoms with van der Waals surface area (Å²) in [5.74, 6) is 4.60. The Bertz CT molecular complexity index is 361. The minimum absolute atomic E-state index is 0.00468. The molecule has 0 saturated carbocycles. The number of rotatable bonds is 0. The SMILES string of the molecule is Cc1ccc(O)c(C#CC=O)n1. The number of aromatic nitrogens is 1. The van der Waals surface area contributed by atoms with E-state index >= 15 is 0 Å². The lowest BCUT2D eigenvalue weighted by Gasteiger charge is -1.95. The average Bonchev–Trinajstić information content (AvgIpc) is 2.07. The fraction of sp³-hybridized carbons (Fsp3) is 0.111. The summed E-state index contributed by atoms with van der Waals surface area (Å²) in [6.07, 6.45) is 0.462. The van der Waals surface area contributed by atoms with Crippen molar-refractivity contribution in [2.75, 3.05) is 0 Å². The lowest BCUT2D eigenvalue weighted by molar-refractivity contribution is -0.103. The molecule has 1 aromatic rings. The van der Waals surface area contributed by atoms with Crippen LogP contribution in [-0.2, 0) is 4.79 Å². The van der Waals surface area contributed by atoms with Gasteiger partial charge in [-0.25, -0.2) is 4.98 Å². The van der Waals surface area contributed by atoms with Gasteiger partial charge < -0.3 is 5.11 Å². The Morgan fingerprint density at radius 3 is 3.00 bits per heavy atom. The summed E-state index contributed by atoms with van der Waals surface area (Å²) in [5, 5.41) is 9.18. The van der Waals surface area contributed by atoms with E-state index in [0.29, 0.717) is 6.29 Å². The minimum Gasteiger partial charge on any atom is -0.505 e. The molecule has 1 heterocycles. The third-order valence-electron chi connectivity index (χ3n) is 1.26. The molecule has 0 atom stereocenters. The lowest BCUT2D eigenvalue weighted by Crippen LogP contribution is -1.86. The fourth-order valence-corrected chi connectivity index (χ4v) is 0.739. The maximum Gasteiger partial charge on any atom is 0.193 e. The van der Waals surface area contributed by atoms with E-state index in [0.717, 1.165) is 5.69 Å². The van der Waals surface area contributed by atoms with Crippen molar-refractivity contribution in [3.63, 3.8) is 0 Å². The molecule has 3 heteroatoms. The molecule has 0 aliphatic heterocycles. The minimum atomic E-state index is -0.00468.